The molecule has 0 aliphatic rings. The number of aromatic nitrogens is 2. The van der Waals surface area contributed by atoms with Crippen molar-refractivity contribution in [2.45, 2.75) is 18.8 Å². The highest BCUT2D eigenvalue weighted by Gasteiger charge is 1.97. The van der Waals surface area contributed by atoms with Crippen LogP contribution in [0.25, 0.3) is 0 Å². The molecule has 0 saturated carbocycles. The molecule has 15 heavy (non-hydrogen) atoms. The summed E-state index contributed by atoms with van der Waals surface area (Å²) in [5.74, 6) is 0.484. The zero-order valence-electron chi connectivity index (χ0n) is 8.44. The molecule has 0 spiro atoms. The Morgan fingerprint density at radius 3 is 2.67 bits per heavy atom. The van der Waals surface area contributed by atoms with Gasteiger partial charge < -0.3 is 4.57 Å². The second-order valence-corrected chi connectivity index (χ2v) is 3.74. The molecule has 3 heteroatoms. The van der Waals surface area contributed by atoms with Crippen LogP contribution in [-0.2, 0) is 18.8 Å². The number of nitrogens with zero attached hydrogens (tertiary/aromatic N) is 2. The largest absolute Gasteiger partial charge is 0.337 e. The third-order valence-corrected chi connectivity index (χ3v) is 2.60. The van der Waals surface area contributed by atoms with E-state index in [0.29, 0.717) is 5.88 Å². The Kier molecular flexibility index (Phi) is 3.41. The SMILES string of the molecule is ClCc1cn(CCc2ccccc2)cn1. The van der Waals surface area contributed by atoms with Gasteiger partial charge in [0.1, 0.15) is 0 Å². The Morgan fingerprint density at radius 2 is 2.00 bits per heavy atom. The highest BCUT2D eigenvalue weighted by Crippen LogP contribution is 2.04. The van der Waals surface area contributed by atoms with Crippen LogP contribution < -0.4 is 0 Å². The Bertz CT molecular complexity index is 409. The topological polar surface area (TPSA) is 17.8 Å². The minimum atomic E-state index is 0.484. The average molecular weight is 221 g/mol. The van der Waals surface area contributed by atoms with Crippen LogP contribution in [-0.4, -0.2) is 9.55 Å². The molecule has 0 aliphatic heterocycles. The summed E-state index contributed by atoms with van der Waals surface area (Å²) >= 11 is 5.68. The number of alkyl halides is 1. The average Bonchev–Trinajstić information content (AvgIpc) is 2.76. The Morgan fingerprint density at radius 1 is 1.20 bits per heavy atom. The lowest BCUT2D eigenvalue weighted by Gasteiger charge is -2.01. The number of benzene rings is 1. The second kappa shape index (κ2) is 4.99. The Balaban J connectivity index is 1.93. The van der Waals surface area contributed by atoms with Gasteiger partial charge in [-0.05, 0) is 12.0 Å². The molecule has 78 valence electrons. The van der Waals surface area contributed by atoms with Crippen LogP contribution in [0.2, 0.25) is 0 Å². The molecule has 1 aromatic heterocycles. The maximum Gasteiger partial charge on any atom is 0.0950 e. The molecule has 2 aromatic rings. The lowest BCUT2D eigenvalue weighted by Crippen LogP contribution is -1.98. The molecule has 0 amide bonds. The summed E-state index contributed by atoms with van der Waals surface area (Å²) in [6.07, 6.45) is 4.86. The van der Waals surface area contributed by atoms with Crippen LogP contribution in [0.5, 0.6) is 0 Å². The van der Waals surface area contributed by atoms with E-state index in [1.807, 2.05) is 18.6 Å². The molecule has 0 fully saturated rings. The van der Waals surface area contributed by atoms with E-state index in [9.17, 15) is 0 Å². The van der Waals surface area contributed by atoms with Gasteiger partial charge in [-0.25, -0.2) is 4.98 Å². The van der Waals surface area contributed by atoms with Gasteiger partial charge in [-0.15, -0.1) is 11.6 Å². The normalized spacial score (nSPS) is 10.5. The smallest absolute Gasteiger partial charge is 0.0950 e. The lowest BCUT2D eigenvalue weighted by atomic mass is 10.1. The molecule has 0 radical (unpaired) electrons. The first-order valence-corrected chi connectivity index (χ1v) is 5.52. The number of hydrogen-bond acceptors (Lipinski definition) is 1. The maximum absolute atomic E-state index is 5.68. The molecule has 0 atom stereocenters. The predicted molar refractivity (Wildman–Crippen MR) is 61.9 cm³/mol. The van der Waals surface area contributed by atoms with E-state index < -0.39 is 0 Å². The maximum atomic E-state index is 5.68. The van der Waals surface area contributed by atoms with Crippen LogP contribution in [0.4, 0.5) is 0 Å². The third-order valence-electron chi connectivity index (χ3n) is 2.33. The number of halogens is 1. The molecule has 0 N–H and O–H groups in total. The van der Waals surface area contributed by atoms with Crippen molar-refractivity contribution in [3.63, 3.8) is 0 Å². The summed E-state index contributed by atoms with van der Waals surface area (Å²) in [6, 6.07) is 10.4. The van der Waals surface area contributed by atoms with Gasteiger partial charge in [0.15, 0.2) is 0 Å². The minimum Gasteiger partial charge on any atom is -0.337 e. The van der Waals surface area contributed by atoms with E-state index in [2.05, 4.69) is 33.8 Å². The molecule has 0 aliphatic carbocycles. The standard InChI is InChI=1S/C12H13ClN2/c13-8-12-9-15(10-14-12)7-6-11-4-2-1-3-5-11/h1-5,9-10H,6-8H2. The van der Waals surface area contributed by atoms with Gasteiger partial charge in [-0.3, -0.25) is 0 Å². The number of rotatable bonds is 4. The summed E-state index contributed by atoms with van der Waals surface area (Å²) in [5, 5.41) is 0. The zero-order valence-corrected chi connectivity index (χ0v) is 9.19. The molecule has 2 nitrogen and oxygen atoms in total. The van der Waals surface area contributed by atoms with Crippen molar-refractivity contribution in [1.82, 2.24) is 9.55 Å². The highest BCUT2D eigenvalue weighted by atomic mass is 35.5. The van der Waals surface area contributed by atoms with Crippen LogP contribution in [0.3, 0.4) is 0 Å². The third kappa shape index (κ3) is 2.83. The van der Waals surface area contributed by atoms with E-state index in [-0.39, 0.29) is 0 Å². The first-order chi connectivity index (χ1) is 7.38. The fourth-order valence-electron chi connectivity index (χ4n) is 1.50. The van der Waals surface area contributed by atoms with Gasteiger partial charge in [0.2, 0.25) is 0 Å². The highest BCUT2D eigenvalue weighted by molar-refractivity contribution is 6.16. The van der Waals surface area contributed by atoms with Crippen LogP contribution in [0, 0.1) is 0 Å². The first-order valence-electron chi connectivity index (χ1n) is 4.99. The summed E-state index contributed by atoms with van der Waals surface area (Å²) < 4.78 is 2.07. The van der Waals surface area contributed by atoms with E-state index in [4.69, 9.17) is 11.6 Å². The van der Waals surface area contributed by atoms with Gasteiger partial charge >= 0.3 is 0 Å². The van der Waals surface area contributed by atoms with Crippen molar-refractivity contribution in [3.8, 4) is 0 Å². The van der Waals surface area contributed by atoms with Crippen LogP contribution in [0.1, 0.15) is 11.3 Å². The number of imidazole rings is 1. The molecule has 1 aromatic carbocycles. The van der Waals surface area contributed by atoms with E-state index in [1.54, 1.807) is 0 Å². The van der Waals surface area contributed by atoms with Crippen molar-refractivity contribution in [3.05, 3.63) is 54.1 Å². The molecular weight excluding hydrogens is 208 g/mol. The first kappa shape index (κ1) is 10.2. The fraction of sp³-hybridized carbons (Fsp3) is 0.250. The van der Waals surface area contributed by atoms with Crippen molar-refractivity contribution in [2.24, 2.45) is 0 Å². The monoisotopic (exact) mass is 220 g/mol. The quantitative estimate of drug-likeness (QED) is 0.725. The zero-order chi connectivity index (χ0) is 10.5. The predicted octanol–water partition coefficient (Wildman–Crippen LogP) is 2.86. The fourth-order valence-corrected chi connectivity index (χ4v) is 1.64. The van der Waals surface area contributed by atoms with Crippen LogP contribution in [0.15, 0.2) is 42.9 Å². The van der Waals surface area contributed by atoms with Crippen molar-refractivity contribution >= 4 is 11.6 Å². The minimum absolute atomic E-state index is 0.484. The van der Waals surface area contributed by atoms with Gasteiger partial charge in [-0.1, -0.05) is 30.3 Å². The van der Waals surface area contributed by atoms with E-state index >= 15 is 0 Å². The van der Waals surface area contributed by atoms with Crippen molar-refractivity contribution in [1.29, 1.82) is 0 Å². The van der Waals surface area contributed by atoms with Crippen molar-refractivity contribution in [2.75, 3.05) is 0 Å². The Labute approximate surface area is 94.5 Å². The van der Waals surface area contributed by atoms with Gasteiger partial charge in [0.05, 0.1) is 17.9 Å². The van der Waals surface area contributed by atoms with Gasteiger partial charge in [-0.2, -0.15) is 0 Å². The van der Waals surface area contributed by atoms with Crippen LogP contribution >= 0.6 is 11.6 Å². The molecular formula is C12H13ClN2. The molecule has 2 rings (SSSR count). The summed E-state index contributed by atoms with van der Waals surface area (Å²) in [4.78, 5) is 4.18. The van der Waals surface area contributed by atoms with E-state index in [0.717, 1.165) is 18.7 Å². The molecule has 0 unspecified atom stereocenters. The van der Waals surface area contributed by atoms with Crippen molar-refractivity contribution < 1.29 is 0 Å². The van der Waals surface area contributed by atoms with Gasteiger partial charge in [0, 0.05) is 12.7 Å². The number of hydrogen-bond donors (Lipinski definition) is 0. The lowest BCUT2D eigenvalue weighted by molar-refractivity contribution is 0.695. The summed E-state index contributed by atoms with van der Waals surface area (Å²) in [6.45, 7) is 0.952. The van der Waals surface area contributed by atoms with E-state index in [1.165, 1.54) is 5.56 Å². The summed E-state index contributed by atoms with van der Waals surface area (Å²) in [7, 11) is 0. The number of aryl methyl sites for hydroxylation is 2. The molecule has 0 bridgehead atoms. The molecule has 0 saturated heterocycles. The summed E-state index contributed by atoms with van der Waals surface area (Å²) in [5.41, 5.74) is 2.28. The van der Waals surface area contributed by atoms with Gasteiger partial charge in [0.25, 0.3) is 0 Å². The molecule has 1 heterocycles. The second-order valence-electron chi connectivity index (χ2n) is 3.47. The Hall–Kier alpha value is -1.28.